The summed E-state index contributed by atoms with van der Waals surface area (Å²) in [6.45, 7) is 1.09. The van der Waals surface area contributed by atoms with Gasteiger partial charge in [-0.25, -0.2) is 4.39 Å². The van der Waals surface area contributed by atoms with Crippen molar-refractivity contribution in [3.05, 3.63) is 63.5 Å². The number of halogens is 1. The van der Waals surface area contributed by atoms with Crippen LogP contribution in [0.15, 0.2) is 36.4 Å². The number of nitro benzene ring substituents is 1. The van der Waals surface area contributed by atoms with Gasteiger partial charge in [0, 0.05) is 11.6 Å². The second-order valence-electron chi connectivity index (χ2n) is 4.18. The molecule has 0 spiro atoms. The maximum atomic E-state index is 13.5. The molecular formula is C14H12FNO4. The molecule has 0 aliphatic carbocycles. The molecule has 0 saturated carbocycles. The zero-order valence-electron chi connectivity index (χ0n) is 10.7. The Morgan fingerprint density at radius 2 is 2.10 bits per heavy atom. The van der Waals surface area contributed by atoms with Gasteiger partial charge < -0.3 is 9.84 Å². The SMILES string of the molecule is Cc1cc(Oc2cccc(F)c2CO)ccc1[N+](=O)[O-]. The number of benzene rings is 2. The summed E-state index contributed by atoms with van der Waals surface area (Å²) in [5.74, 6) is -0.0437. The Hall–Kier alpha value is -2.47. The van der Waals surface area contributed by atoms with Gasteiger partial charge in [0.1, 0.15) is 17.3 Å². The van der Waals surface area contributed by atoms with Crippen molar-refractivity contribution in [2.45, 2.75) is 13.5 Å². The maximum Gasteiger partial charge on any atom is 0.272 e. The first-order valence-electron chi connectivity index (χ1n) is 5.84. The lowest BCUT2D eigenvalue weighted by Gasteiger charge is -2.10. The van der Waals surface area contributed by atoms with E-state index < -0.39 is 17.3 Å². The van der Waals surface area contributed by atoms with Crippen LogP contribution >= 0.6 is 0 Å². The fourth-order valence-corrected chi connectivity index (χ4v) is 1.81. The lowest BCUT2D eigenvalue weighted by atomic mass is 10.2. The fraction of sp³-hybridized carbons (Fsp3) is 0.143. The van der Waals surface area contributed by atoms with Gasteiger partial charge in [-0.3, -0.25) is 10.1 Å². The molecule has 0 radical (unpaired) electrons. The van der Waals surface area contributed by atoms with Crippen LogP contribution in [0, 0.1) is 22.9 Å². The highest BCUT2D eigenvalue weighted by Crippen LogP contribution is 2.30. The van der Waals surface area contributed by atoms with Gasteiger partial charge in [-0.05, 0) is 31.2 Å². The van der Waals surface area contributed by atoms with Crippen LogP contribution in [0.3, 0.4) is 0 Å². The van der Waals surface area contributed by atoms with Crippen molar-refractivity contribution in [1.29, 1.82) is 0 Å². The van der Waals surface area contributed by atoms with E-state index in [9.17, 15) is 14.5 Å². The van der Waals surface area contributed by atoms with E-state index >= 15 is 0 Å². The number of aliphatic hydroxyl groups excluding tert-OH is 1. The van der Waals surface area contributed by atoms with Crippen molar-refractivity contribution in [3.8, 4) is 11.5 Å². The summed E-state index contributed by atoms with van der Waals surface area (Å²) in [6.07, 6.45) is 0. The number of rotatable bonds is 4. The van der Waals surface area contributed by atoms with Crippen LogP contribution in [0.5, 0.6) is 11.5 Å². The number of hydrogen-bond donors (Lipinski definition) is 1. The summed E-state index contributed by atoms with van der Waals surface area (Å²) in [5.41, 5.74) is 0.469. The molecule has 20 heavy (non-hydrogen) atoms. The molecule has 6 heteroatoms. The maximum absolute atomic E-state index is 13.5. The molecule has 0 atom stereocenters. The second kappa shape index (κ2) is 5.66. The van der Waals surface area contributed by atoms with Crippen LogP contribution in [-0.4, -0.2) is 10.0 Å². The van der Waals surface area contributed by atoms with Crippen molar-refractivity contribution >= 4 is 5.69 Å². The molecule has 1 N–H and O–H groups in total. The normalized spacial score (nSPS) is 10.3. The van der Waals surface area contributed by atoms with E-state index in [0.29, 0.717) is 11.3 Å². The first kappa shape index (κ1) is 14.0. The van der Waals surface area contributed by atoms with Gasteiger partial charge in [0.15, 0.2) is 0 Å². The molecule has 0 heterocycles. The van der Waals surface area contributed by atoms with Crippen molar-refractivity contribution in [2.75, 3.05) is 0 Å². The largest absolute Gasteiger partial charge is 0.457 e. The lowest BCUT2D eigenvalue weighted by Crippen LogP contribution is -1.96. The van der Waals surface area contributed by atoms with Crippen molar-refractivity contribution in [3.63, 3.8) is 0 Å². The topological polar surface area (TPSA) is 72.6 Å². The highest BCUT2D eigenvalue weighted by molar-refractivity contribution is 5.46. The van der Waals surface area contributed by atoms with Gasteiger partial charge in [-0.15, -0.1) is 0 Å². The van der Waals surface area contributed by atoms with Crippen LogP contribution < -0.4 is 4.74 Å². The molecule has 2 aromatic rings. The molecule has 104 valence electrons. The lowest BCUT2D eigenvalue weighted by molar-refractivity contribution is -0.385. The summed E-state index contributed by atoms with van der Waals surface area (Å²) in [4.78, 5) is 10.2. The monoisotopic (exact) mass is 277 g/mol. The van der Waals surface area contributed by atoms with Crippen molar-refractivity contribution in [1.82, 2.24) is 0 Å². The number of aliphatic hydroxyl groups is 1. The minimum atomic E-state index is -0.566. The first-order chi connectivity index (χ1) is 9.52. The molecule has 0 aliphatic rings. The van der Waals surface area contributed by atoms with Crippen LogP contribution in [0.25, 0.3) is 0 Å². The number of aryl methyl sites for hydroxylation is 1. The molecule has 2 rings (SSSR count). The van der Waals surface area contributed by atoms with Crippen LogP contribution in [0.4, 0.5) is 10.1 Å². The van der Waals surface area contributed by atoms with Gasteiger partial charge >= 0.3 is 0 Å². The molecule has 0 amide bonds. The summed E-state index contributed by atoms with van der Waals surface area (Å²) in [5, 5.41) is 19.9. The smallest absolute Gasteiger partial charge is 0.272 e. The van der Waals surface area contributed by atoms with Crippen molar-refractivity contribution < 1.29 is 19.2 Å². The van der Waals surface area contributed by atoms with Crippen LogP contribution in [0.1, 0.15) is 11.1 Å². The van der Waals surface area contributed by atoms with E-state index in [-0.39, 0.29) is 17.0 Å². The molecular weight excluding hydrogens is 265 g/mol. The van der Waals surface area contributed by atoms with E-state index in [2.05, 4.69) is 0 Å². The summed E-state index contributed by atoms with van der Waals surface area (Å²) >= 11 is 0. The Morgan fingerprint density at radius 3 is 2.70 bits per heavy atom. The van der Waals surface area contributed by atoms with E-state index in [1.807, 2.05) is 0 Å². The average Bonchev–Trinajstić information content (AvgIpc) is 2.38. The Kier molecular flexibility index (Phi) is 3.95. The van der Waals surface area contributed by atoms with Gasteiger partial charge in [0.05, 0.1) is 17.1 Å². The molecule has 0 fully saturated rings. The van der Waals surface area contributed by atoms with E-state index in [0.717, 1.165) is 0 Å². The number of ether oxygens (including phenoxy) is 1. The second-order valence-corrected chi connectivity index (χ2v) is 4.18. The third-order valence-corrected chi connectivity index (χ3v) is 2.83. The van der Waals surface area contributed by atoms with Crippen molar-refractivity contribution in [2.24, 2.45) is 0 Å². The summed E-state index contributed by atoms with van der Waals surface area (Å²) in [7, 11) is 0. The summed E-state index contributed by atoms with van der Waals surface area (Å²) in [6, 6.07) is 8.44. The minimum Gasteiger partial charge on any atom is -0.457 e. The Balaban J connectivity index is 2.34. The van der Waals surface area contributed by atoms with E-state index in [4.69, 9.17) is 9.84 Å². The summed E-state index contributed by atoms with van der Waals surface area (Å²) < 4.78 is 18.9. The van der Waals surface area contributed by atoms with Gasteiger partial charge in [0.25, 0.3) is 5.69 Å². The predicted octanol–water partition coefficient (Wildman–Crippen LogP) is 3.33. The molecule has 0 bridgehead atoms. The zero-order valence-corrected chi connectivity index (χ0v) is 10.7. The predicted molar refractivity (Wildman–Crippen MR) is 70.2 cm³/mol. The first-order valence-corrected chi connectivity index (χ1v) is 5.84. The quantitative estimate of drug-likeness (QED) is 0.687. The van der Waals surface area contributed by atoms with E-state index in [1.54, 1.807) is 6.92 Å². The highest BCUT2D eigenvalue weighted by atomic mass is 19.1. The fourth-order valence-electron chi connectivity index (χ4n) is 1.81. The average molecular weight is 277 g/mol. The number of nitro groups is 1. The van der Waals surface area contributed by atoms with Gasteiger partial charge in [-0.2, -0.15) is 0 Å². The number of hydrogen-bond acceptors (Lipinski definition) is 4. The van der Waals surface area contributed by atoms with Gasteiger partial charge in [-0.1, -0.05) is 6.07 Å². The molecule has 0 aromatic heterocycles. The molecule has 2 aromatic carbocycles. The highest BCUT2D eigenvalue weighted by Gasteiger charge is 2.13. The molecule has 0 aliphatic heterocycles. The van der Waals surface area contributed by atoms with Crippen LogP contribution in [-0.2, 0) is 6.61 Å². The van der Waals surface area contributed by atoms with E-state index in [1.165, 1.54) is 36.4 Å². The third-order valence-electron chi connectivity index (χ3n) is 2.83. The Bertz CT molecular complexity index is 658. The van der Waals surface area contributed by atoms with Crippen LogP contribution in [0.2, 0.25) is 0 Å². The molecule has 0 unspecified atom stereocenters. The minimum absolute atomic E-state index is 0.0148. The molecule has 0 saturated heterocycles. The zero-order chi connectivity index (χ0) is 14.7. The Labute approximate surface area is 114 Å². The number of nitrogens with zero attached hydrogens (tertiary/aromatic N) is 1. The van der Waals surface area contributed by atoms with Gasteiger partial charge in [0.2, 0.25) is 0 Å². The standard InChI is InChI=1S/C14H12FNO4/c1-9-7-10(5-6-13(9)16(18)19)20-14-4-2-3-12(15)11(14)8-17/h2-7,17H,8H2,1H3. The molecule has 5 nitrogen and oxygen atoms in total. The third kappa shape index (κ3) is 2.75. The Morgan fingerprint density at radius 1 is 1.35 bits per heavy atom.